The van der Waals surface area contributed by atoms with E-state index in [0.717, 1.165) is 31.6 Å². The molecule has 0 aromatic carbocycles. The fourth-order valence-corrected chi connectivity index (χ4v) is 1.49. The van der Waals surface area contributed by atoms with Gasteiger partial charge in [0.15, 0.2) is 0 Å². The minimum atomic E-state index is 0.285. The fraction of sp³-hybridized carbons (Fsp3) is 0.583. The van der Waals surface area contributed by atoms with Gasteiger partial charge in [-0.25, -0.2) is 4.98 Å². The van der Waals surface area contributed by atoms with Crippen molar-refractivity contribution >= 4 is 0 Å². The zero-order chi connectivity index (χ0) is 11.1. The number of nitrogens with zero attached hydrogens (tertiary/aromatic N) is 1. The third kappa shape index (κ3) is 3.88. The largest absolute Gasteiger partial charge is 0.347 e. The first kappa shape index (κ1) is 12.0. The van der Waals surface area contributed by atoms with E-state index < -0.39 is 0 Å². The second kappa shape index (κ2) is 6.40. The van der Waals surface area contributed by atoms with Crippen LogP contribution < -0.4 is 5.32 Å². The summed E-state index contributed by atoms with van der Waals surface area (Å²) in [5.41, 5.74) is 1.26. The van der Waals surface area contributed by atoms with E-state index in [9.17, 15) is 0 Å². The quantitative estimate of drug-likeness (QED) is 0.675. The van der Waals surface area contributed by atoms with Gasteiger partial charge in [-0.1, -0.05) is 26.0 Å². The standard InChI is InChI=1S/C12H21N3/c1-4-6-13-11(9-10(3)5-2)12-14-7-8-15-12/h7-8,11,13H,3-6,9H2,1-2H3,(H,14,15). The van der Waals surface area contributed by atoms with Gasteiger partial charge >= 0.3 is 0 Å². The Morgan fingerprint density at radius 2 is 2.40 bits per heavy atom. The van der Waals surface area contributed by atoms with Crippen molar-refractivity contribution in [3.63, 3.8) is 0 Å². The molecule has 15 heavy (non-hydrogen) atoms. The second-order valence-electron chi connectivity index (χ2n) is 3.79. The first-order chi connectivity index (χ1) is 7.27. The maximum atomic E-state index is 4.30. The van der Waals surface area contributed by atoms with E-state index in [1.54, 1.807) is 6.20 Å². The molecule has 0 saturated heterocycles. The molecule has 0 aliphatic rings. The van der Waals surface area contributed by atoms with E-state index in [-0.39, 0.29) is 6.04 Å². The molecule has 84 valence electrons. The SMILES string of the molecule is C=C(CC)CC(NCCC)c1ncc[nH]1. The van der Waals surface area contributed by atoms with Gasteiger partial charge in [0, 0.05) is 12.4 Å². The van der Waals surface area contributed by atoms with Gasteiger partial charge in [-0.15, -0.1) is 0 Å². The van der Waals surface area contributed by atoms with Gasteiger partial charge in [0.2, 0.25) is 0 Å². The molecule has 1 unspecified atom stereocenters. The summed E-state index contributed by atoms with van der Waals surface area (Å²) >= 11 is 0. The van der Waals surface area contributed by atoms with Crippen molar-refractivity contribution in [2.24, 2.45) is 0 Å². The van der Waals surface area contributed by atoms with E-state index in [4.69, 9.17) is 0 Å². The molecule has 3 heteroatoms. The number of rotatable bonds is 7. The highest BCUT2D eigenvalue weighted by molar-refractivity contribution is 5.04. The van der Waals surface area contributed by atoms with Crippen LogP contribution in [0.15, 0.2) is 24.5 Å². The molecule has 0 saturated carbocycles. The Bertz CT molecular complexity index is 277. The van der Waals surface area contributed by atoms with Crippen LogP contribution in [0.5, 0.6) is 0 Å². The van der Waals surface area contributed by atoms with Crippen molar-refractivity contribution in [2.45, 2.75) is 39.2 Å². The van der Waals surface area contributed by atoms with Crippen LogP contribution >= 0.6 is 0 Å². The number of H-pyrrole nitrogens is 1. The predicted molar refractivity (Wildman–Crippen MR) is 63.7 cm³/mol. The van der Waals surface area contributed by atoms with Crippen LogP contribution in [-0.4, -0.2) is 16.5 Å². The van der Waals surface area contributed by atoms with E-state index in [2.05, 4.69) is 35.7 Å². The van der Waals surface area contributed by atoms with Gasteiger partial charge < -0.3 is 10.3 Å². The predicted octanol–water partition coefficient (Wildman–Crippen LogP) is 2.81. The number of hydrogen-bond donors (Lipinski definition) is 2. The van der Waals surface area contributed by atoms with Crippen molar-refractivity contribution in [3.05, 3.63) is 30.4 Å². The van der Waals surface area contributed by atoms with Crippen LogP contribution in [-0.2, 0) is 0 Å². The molecule has 0 aliphatic heterocycles. The molecular formula is C12H21N3. The Kier molecular flexibility index (Phi) is 5.12. The molecule has 0 spiro atoms. The molecule has 3 nitrogen and oxygen atoms in total. The van der Waals surface area contributed by atoms with Crippen molar-refractivity contribution in [2.75, 3.05) is 6.54 Å². The van der Waals surface area contributed by atoms with Crippen molar-refractivity contribution in [1.29, 1.82) is 0 Å². The maximum Gasteiger partial charge on any atom is 0.123 e. The van der Waals surface area contributed by atoms with Gasteiger partial charge in [-0.2, -0.15) is 0 Å². The molecule has 1 aromatic heterocycles. The molecule has 1 atom stereocenters. The maximum absolute atomic E-state index is 4.30. The summed E-state index contributed by atoms with van der Waals surface area (Å²) in [7, 11) is 0. The van der Waals surface area contributed by atoms with Crippen LogP contribution in [0.1, 0.15) is 45.0 Å². The normalized spacial score (nSPS) is 12.7. The molecule has 0 amide bonds. The summed E-state index contributed by atoms with van der Waals surface area (Å²) in [6.07, 6.45) is 6.79. The number of aromatic amines is 1. The van der Waals surface area contributed by atoms with E-state index in [1.807, 2.05) is 6.20 Å². The monoisotopic (exact) mass is 207 g/mol. The Hall–Kier alpha value is -1.09. The topological polar surface area (TPSA) is 40.7 Å². The molecule has 0 bridgehead atoms. The fourth-order valence-electron chi connectivity index (χ4n) is 1.49. The molecule has 0 radical (unpaired) electrons. The van der Waals surface area contributed by atoms with E-state index in [1.165, 1.54) is 5.57 Å². The average Bonchev–Trinajstić information content (AvgIpc) is 2.77. The molecule has 0 aliphatic carbocycles. The van der Waals surface area contributed by atoms with Crippen LogP contribution in [0.4, 0.5) is 0 Å². The summed E-state index contributed by atoms with van der Waals surface area (Å²) < 4.78 is 0. The average molecular weight is 207 g/mol. The molecule has 0 fully saturated rings. The summed E-state index contributed by atoms with van der Waals surface area (Å²) in [5, 5.41) is 3.48. The van der Waals surface area contributed by atoms with Gasteiger partial charge in [0.05, 0.1) is 6.04 Å². The molecule has 1 heterocycles. The zero-order valence-electron chi connectivity index (χ0n) is 9.71. The lowest BCUT2D eigenvalue weighted by Crippen LogP contribution is -2.23. The van der Waals surface area contributed by atoms with Crippen molar-refractivity contribution < 1.29 is 0 Å². The lowest BCUT2D eigenvalue weighted by molar-refractivity contribution is 0.503. The number of hydrogen-bond acceptors (Lipinski definition) is 2. The van der Waals surface area contributed by atoms with Crippen molar-refractivity contribution in [3.8, 4) is 0 Å². The first-order valence-electron chi connectivity index (χ1n) is 5.67. The zero-order valence-corrected chi connectivity index (χ0v) is 9.71. The highest BCUT2D eigenvalue weighted by atomic mass is 15.0. The lowest BCUT2D eigenvalue weighted by Gasteiger charge is -2.17. The van der Waals surface area contributed by atoms with Gasteiger partial charge in [-0.05, 0) is 25.8 Å². The summed E-state index contributed by atoms with van der Waals surface area (Å²) in [5.74, 6) is 1.01. The van der Waals surface area contributed by atoms with Gasteiger partial charge in [-0.3, -0.25) is 0 Å². The molecular weight excluding hydrogens is 186 g/mol. The van der Waals surface area contributed by atoms with E-state index in [0.29, 0.717) is 0 Å². The third-order valence-electron chi connectivity index (χ3n) is 2.48. The Morgan fingerprint density at radius 3 is 2.93 bits per heavy atom. The smallest absolute Gasteiger partial charge is 0.123 e. The van der Waals surface area contributed by atoms with Crippen LogP contribution in [0.25, 0.3) is 0 Å². The van der Waals surface area contributed by atoms with Crippen LogP contribution in [0.2, 0.25) is 0 Å². The first-order valence-corrected chi connectivity index (χ1v) is 5.67. The van der Waals surface area contributed by atoms with Gasteiger partial charge in [0.1, 0.15) is 5.82 Å². The lowest BCUT2D eigenvalue weighted by atomic mass is 10.1. The van der Waals surface area contributed by atoms with Crippen molar-refractivity contribution in [1.82, 2.24) is 15.3 Å². The summed E-state index contributed by atoms with van der Waals surface area (Å²) in [4.78, 5) is 7.46. The Balaban J connectivity index is 2.57. The Labute approximate surface area is 92.0 Å². The van der Waals surface area contributed by atoms with Crippen LogP contribution in [0, 0.1) is 0 Å². The highest BCUT2D eigenvalue weighted by Crippen LogP contribution is 2.18. The number of aromatic nitrogens is 2. The third-order valence-corrected chi connectivity index (χ3v) is 2.48. The van der Waals surface area contributed by atoms with E-state index >= 15 is 0 Å². The molecule has 1 rings (SSSR count). The second-order valence-corrected chi connectivity index (χ2v) is 3.79. The molecule has 1 aromatic rings. The van der Waals surface area contributed by atoms with Gasteiger partial charge in [0.25, 0.3) is 0 Å². The number of nitrogens with one attached hydrogen (secondary N) is 2. The van der Waals surface area contributed by atoms with Crippen LogP contribution in [0.3, 0.4) is 0 Å². The molecule has 2 N–H and O–H groups in total. The summed E-state index contributed by atoms with van der Waals surface area (Å²) in [6, 6.07) is 0.285. The number of imidazole rings is 1. The Morgan fingerprint density at radius 1 is 1.60 bits per heavy atom. The minimum Gasteiger partial charge on any atom is -0.347 e. The highest BCUT2D eigenvalue weighted by Gasteiger charge is 2.13. The summed E-state index contributed by atoms with van der Waals surface area (Å²) in [6.45, 7) is 9.37. The minimum absolute atomic E-state index is 0.285.